The normalized spacial score (nSPS) is 11.1. The van der Waals surface area contributed by atoms with Gasteiger partial charge in [0.1, 0.15) is 5.82 Å². The fourth-order valence-electron chi connectivity index (χ4n) is 1.21. The maximum absolute atomic E-state index is 12.8. The summed E-state index contributed by atoms with van der Waals surface area (Å²) in [5.74, 6) is -2.57. The van der Waals surface area contributed by atoms with Crippen LogP contribution in [0.1, 0.15) is 12.5 Å². The molecule has 0 aromatic heterocycles. The van der Waals surface area contributed by atoms with Gasteiger partial charge in [-0.1, -0.05) is 0 Å². The lowest BCUT2D eigenvalue weighted by Crippen LogP contribution is -2.07. The highest BCUT2D eigenvalue weighted by molar-refractivity contribution is 5.91. The van der Waals surface area contributed by atoms with E-state index in [9.17, 15) is 24.4 Å². The SMILES string of the molecule is CCOC(=O)/C(O)=C\c1ccc(F)cc1[N+](=O)[O-]. The van der Waals surface area contributed by atoms with Crippen LogP contribution in [0.5, 0.6) is 0 Å². The van der Waals surface area contributed by atoms with E-state index >= 15 is 0 Å². The van der Waals surface area contributed by atoms with Crippen LogP contribution < -0.4 is 0 Å². The third kappa shape index (κ3) is 3.27. The lowest BCUT2D eigenvalue weighted by atomic mass is 10.1. The lowest BCUT2D eigenvalue weighted by Gasteiger charge is -2.01. The van der Waals surface area contributed by atoms with Gasteiger partial charge in [-0.3, -0.25) is 10.1 Å². The van der Waals surface area contributed by atoms with Gasteiger partial charge in [0.15, 0.2) is 0 Å². The molecule has 18 heavy (non-hydrogen) atoms. The number of rotatable bonds is 4. The van der Waals surface area contributed by atoms with Gasteiger partial charge in [0, 0.05) is 6.08 Å². The molecule has 0 amide bonds. The molecule has 0 aliphatic heterocycles. The minimum Gasteiger partial charge on any atom is -0.502 e. The number of benzene rings is 1. The monoisotopic (exact) mass is 255 g/mol. The Morgan fingerprint density at radius 3 is 2.83 bits per heavy atom. The first-order chi connectivity index (χ1) is 8.45. The first-order valence-corrected chi connectivity index (χ1v) is 4.97. The molecule has 1 N–H and O–H groups in total. The van der Waals surface area contributed by atoms with Gasteiger partial charge in [-0.25, -0.2) is 9.18 Å². The number of ether oxygens (including phenoxy) is 1. The molecule has 0 fully saturated rings. The number of nitro groups is 1. The lowest BCUT2D eigenvalue weighted by molar-refractivity contribution is -0.385. The van der Waals surface area contributed by atoms with Crippen LogP contribution in [-0.2, 0) is 9.53 Å². The Morgan fingerprint density at radius 1 is 1.61 bits per heavy atom. The van der Waals surface area contributed by atoms with Crippen molar-refractivity contribution in [2.24, 2.45) is 0 Å². The minimum atomic E-state index is -1.00. The molecule has 0 radical (unpaired) electrons. The third-order valence-electron chi connectivity index (χ3n) is 1.97. The van der Waals surface area contributed by atoms with Crippen molar-refractivity contribution >= 4 is 17.7 Å². The molecule has 0 atom stereocenters. The molecule has 0 aliphatic rings. The Kier molecular flexibility index (Phi) is 4.36. The fourth-order valence-corrected chi connectivity index (χ4v) is 1.21. The van der Waals surface area contributed by atoms with Crippen molar-refractivity contribution in [2.45, 2.75) is 6.92 Å². The van der Waals surface area contributed by atoms with E-state index in [0.29, 0.717) is 6.07 Å². The van der Waals surface area contributed by atoms with Crippen LogP contribution in [0.2, 0.25) is 0 Å². The summed E-state index contributed by atoms with van der Waals surface area (Å²) in [5.41, 5.74) is -0.641. The second kappa shape index (κ2) is 5.76. The van der Waals surface area contributed by atoms with Crippen LogP contribution in [0.4, 0.5) is 10.1 Å². The van der Waals surface area contributed by atoms with Crippen LogP contribution >= 0.6 is 0 Å². The van der Waals surface area contributed by atoms with Crippen LogP contribution in [-0.4, -0.2) is 22.6 Å². The van der Waals surface area contributed by atoms with E-state index in [1.807, 2.05) is 0 Å². The minimum absolute atomic E-state index is 0.0578. The molecular weight excluding hydrogens is 245 g/mol. The number of aliphatic hydroxyl groups is 1. The number of aliphatic hydroxyl groups excluding tert-OH is 1. The standard InChI is InChI=1S/C11H10FNO5/c1-2-18-11(15)10(14)5-7-3-4-8(12)6-9(7)13(16)17/h3-6,14H,2H2,1H3/b10-5+. The van der Waals surface area contributed by atoms with E-state index in [1.54, 1.807) is 6.92 Å². The van der Waals surface area contributed by atoms with Crippen LogP contribution in [0, 0.1) is 15.9 Å². The summed E-state index contributed by atoms with van der Waals surface area (Å²) in [6.07, 6.45) is 0.857. The predicted molar refractivity (Wildman–Crippen MR) is 60.3 cm³/mol. The molecule has 1 rings (SSSR count). The van der Waals surface area contributed by atoms with Gasteiger partial charge in [0.05, 0.1) is 23.2 Å². The highest BCUT2D eigenvalue weighted by atomic mass is 19.1. The average Bonchev–Trinajstić information content (AvgIpc) is 2.31. The van der Waals surface area contributed by atoms with E-state index < -0.39 is 28.2 Å². The van der Waals surface area contributed by atoms with Crippen molar-refractivity contribution in [3.05, 3.63) is 45.5 Å². The number of nitrogens with zero attached hydrogens (tertiary/aromatic N) is 1. The molecule has 0 saturated heterocycles. The smallest absolute Gasteiger partial charge is 0.373 e. The first kappa shape index (κ1) is 13.6. The summed E-state index contributed by atoms with van der Waals surface area (Å²) in [6.45, 7) is 1.60. The Bertz CT molecular complexity index is 512. The Labute approximate surface area is 101 Å². The maximum atomic E-state index is 12.8. The van der Waals surface area contributed by atoms with E-state index in [2.05, 4.69) is 4.74 Å². The van der Waals surface area contributed by atoms with Crippen molar-refractivity contribution in [3.63, 3.8) is 0 Å². The quantitative estimate of drug-likeness (QED) is 0.293. The maximum Gasteiger partial charge on any atom is 0.373 e. The molecule has 0 aliphatic carbocycles. The van der Waals surface area contributed by atoms with Crippen molar-refractivity contribution in [2.75, 3.05) is 6.61 Å². The van der Waals surface area contributed by atoms with E-state index in [0.717, 1.165) is 18.2 Å². The number of esters is 1. The summed E-state index contributed by atoms with van der Waals surface area (Å²) in [4.78, 5) is 21.0. The Hall–Kier alpha value is -2.44. The van der Waals surface area contributed by atoms with Gasteiger partial charge in [0.2, 0.25) is 5.76 Å². The molecule has 96 valence electrons. The number of carbonyl (C=O) groups excluding carboxylic acids is 1. The van der Waals surface area contributed by atoms with E-state index in [4.69, 9.17) is 0 Å². The molecule has 0 heterocycles. The molecule has 6 nitrogen and oxygen atoms in total. The zero-order valence-electron chi connectivity index (χ0n) is 9.42. The summed E-state index contributed by atoms with van der Waals surface area (Å²) < 4.78 is 17.3. The second-order valence-corrected chi connectivity index (χ2v) is 3.21. The van der Waals surface area contributed by atoms with Crippen LogP contribution in [0.15, 0.2) is 24.0 Å². The summed E-state index contributed by atoms with van der Waals surface area (Å²) in [6, 6.07) is 2.77. The number of hydrogen-bond donors (Lipinski definition) is 1. The molecule has 0 unspecified atom stereocenters. The molecule has 1 aromatic rings. The molecule has 1 aromatic carbocycles. The number of halogens is 1. The summed E-state index contributed by atoms with van der Waals surface area (Å²) in [5, 5.41) is 20.0. The van der Waals surface area contributed by atoms with E-state index in [1.165, 1.54) is 0 Å². The van der Waals surface area contributed by atoms with Gasteiger partial charge in [-0.05, 0) is 19.1 Å². The number of carbonyl (C=O) groups is 1. The molecule has 7 heteroatoms. The van der Waals surface area contributed by atoms with Crippen LogP contribution in [0.3, 0.4) is 0 Å². The molecule has 0 bridgehead atoms. The molecular formula is C11H10FNO5. The highest BCUT2D eigenvalue weighted by Gasteiger charge is 2.16. The topological polar surface area (TPSA) is 89.7 Å². The van der Waals surface area contributed by atoms with Crippen molar-refractivity contribution in [3.8, 4) is 0 Å². The van der Waals surface area contributed by atoms with Gasteiger partial charge in [0.25, 0.3) is 5.69 Å². The third-order valence-corrected chi connectivity index (χ3v) is 1.97. The zero-order chi connectivity index (χ0) is 13.7. The first-order valence-electron chi connectivity index (χ1n) is 4.97. The highest BCUT2D eigenvalue weighted by Crippen LogP contribution is 2.22. The van der Waals surface area contributed by atoms with Crippen molar-refractivity contribution in [1.82, 2.24) is 0 Å². The predicted octanol–water partition coefficient (Wildman–Crippen LogP) is 2.20. The van der Waals surface area contributed by atoms with Crippen molar-refractivity contribution < 1.29 is 24.0 Å². The van der Waals surface area contributed by atoms with E-state index in [-0.39, 0.29) is 12.2 Å². The zero-order valence-corrected chi connectivity index (χ0v) is 9.42. The second-order valence-electron chi connectivity index (χ2n) is 3.21. The van der Waals surface area contributed by atoms with Gasteiger partial charge in [-0.15, -0.1) is 0 Å². The summed E-state index contributed by atoms with van der Waals surface area (Å²) >= 11 is 0. The van der Waals surface area contributed by atoms with Gasteiger partial charge in [-0.2, -0.15) is 0 Å². The van der Waals surface area contributed by atoms with Gasteiger partial charge >= 0.3 is 5.97 Å². The largest absolute Gasteiger partial charge is 0.502 e. The number of hydrogen-bond acceptors (Lipinski definition) is 5. The van der Waals surface area contributed by atoms with Crippen LogP contribution in [0.25, 0.3) is 6.08 Å². The molecule has 0 saturated carbocycles. The number of nitro benzene ring substituents is 1. The average molecular weight is 255 g/mol. The van der Waals surface area contributed by atoms with Crippen molar-refractivity contribution in [1.29, 1.82) is 0 Å². The Morgan fingerprint density at radius 2 is 2.28 bits per heavy atom. The van der Waals surface area contributed by atoms with Gasteiger partial charge < -0.3 is 9.84 Å². The Balaban J connectivity index is 3.14. The fraction of sp³-hybridized carbons (Fsp3) is 0.182. The molecule has 0 spiro atoms. The summed E-state index contributed by atoms with van der Waals surface area (Å²) in [7, 11) is 0.